The summed E-state index contributed by atoms with van der Waals surface area (Å²) in [6, 6.07) is 16.7. The van der Waals surface area contributed by atoms with Crippen LogP contribution in [0.4, 0.5) is 8.78 Å². The second kappa shape index (κ2) is 9.26. The van der Waals surface area contributed by atoms with E-state index in [1.807, 2.05) is 54.9 Å². The molecule has 4 aromatic heterocycles. The van der Waals surface area contributed by atoms with Gasteiger partial charge in [-0.3, -0.25) is 9.97 Å². The zero-order valence-electron chi connectivity index (χ0n) is 19.1. The van der Waals surface area contributed by atoms with Crippen LogP contribution in [0.2, 0.25) is 0 Å². The van der Waals surface area contributed by atoms with Crippen LogP contribution < -0.4 is 0 Å². The summed E-state index contributed by atoms with van der Waals surface area (Å²) in [5.41, 5.74) is 2.49. The Labute approximate surface area is 207 Å². The quantitative estimate of drug-likeness (QED) is 0.212. The first-order chi connectivity index (χ1) is 15.1. The van der Waals surface area contributed by atoms with Crippen molar-refractivity contribution in [2.75, 3.05) is 0 Å². The average molecular weight is 626 g/mol. The minimum absolute atomic E-state index is 0. The molecule has 0 saturated carbocycles. The van der Waals surface area contributed by atoms with E-state index in [1.165, 1.54) is 5.56 Å². The fourth-order valence-electron chi connectivity index (χ4n) is 3.41. The van der Waals surface area contributed by atoms with Crippen LogP contribution in [0.1, 0.15) is 51.6 Å². The van der Waals surface area contributed by atoms with Crippen molar-refractivity contribution in [1.82, 2.24) is 19.5 Å². The topological polar surface area (TPSA) is 43.6 Å². The zero-order chi connectivity index (χ0) is 23.1. The van der Waals surface area contributed by atoms with Crippen molar-refractivity contribution in [3.05, 3.63) is 95.8 Å². The zero-order valence-corrected chi connectivity index (χ0v) is 21.3. The summed E-state index contributed by atoms with van der Waals surface area (Å²) in [5, 5.41) is 0. The number of hydrogen-bond donors (Lipinski definition) is 0. The van der Waals surface area contributed by atoms with Crippen molar-refractivity contribution in [3.63, 3.8) is 0 Å². The molecule has 0 bridgehead atoms. The smallest absolute Gasteiger partial charge is 0.435 e. The van der Waals surface area contributed by atoms with Crippen LogP contribution >= 0.6 is 0 Å². The Morgan fingerprint density at radius 3 is 2.15 bits per heavy atom. The number of nitrogens with zero attached hydrogens (tertiary/aromatic N) is 4. The molecule has 7 heteroatoms. The molecular formula is C26H24F2N4Pt. The fourth-order valence-corrected chi connectivity index (χ4v) is 3.41. The molecule has 0 radical (unpaired) electrons. The molecule has 0 aliphatic heterocycles. The molecule has 0 unspecified atom stereocenters. The van der Waals surface area contributed by atoms with Gasteiger partial charge in [0.1, 0.15) is 11.9 Å². The largest absolute Gasteiger partial charge is 2.00 e. The number of hydrogen-bond acceptors (Lipinski definition) is 3. The number of halogens is 2. The minimum Gasteiger partial charge on any atom is -0.435 e. The van der Waals surface area contributed by atoms with Crippen LogP contribution in [-0.4, -0.2) is 19.5 Å². The Morgan fingerprint density at radius 1 is 0.848 bits per heavy atom. The summed E-state index contributed by atoms with van der Waals surface area (Å²) in [4.78, 5) is 12.7. The van der Waals surface area contributed by atoms with E-state index in [0.717, 1.165) is 17.6 Å². The van der Waals surface area contributed by atoms with Gasteiger partial charge in [0.05, 0.1) is 5.82 Å². The van der Waals surface area contributed by atoms with Crippen molar-refractivity contribution in [3.8, 4) is 17.1 Å². The Balaban J connectivity index is 0.00000306. The van der Waals surface area contributed by atoms with E-state index in [-0.39, 0.29) is 32.0 Å². The van der Waals surface area contributed by atoms with Gasteiger partial charge in [-0.25, -0.2) is 8.78 Å². The minimum atomic E-state index is -0.939. The second-order valence-electron chi connectivity index (χ2n) is 9.28. The molecule has 0 N–H and O–H groups in total. The van der Waals surface area contributed by atoms with E-state index in [9.17, 15) is 8.78 Å². The molecule has 0 atom stereocenters. The maximum Gasteiger partial charge on any atom is 2.00 e. The monoisotopic (exact) mass is 625 g/mol. The average Bonchev–Trinajstić information content (AvgIpc) is 3.25. The number of aromatic nitrogens is 4. The maximum atomic E-state index is 14.2. The molecule has 4 nitrogen and oxygen atoms in total. The predicted octanol–water partition coefficient (Wildman–Crippen LogP) is 5.83. The first-order valence-corrected chi connectivity index (χ1v) is 10.4. The van der Waals surface area contributed by atoms with Crippen LogP contribution in [0.3, 0.4) is 0 Å². The van der Waals surface area contributed by atoms with Gasteiger partial charge in [0.25, 0.3) is 0 Å². The first kappa shape index (κ1) is 24.9. The van der Waals surface area contributed by atoms with Crippen LogP contribution in [0, 0.1) is 24.2 Å². The van der Waals surface area contributed by atoms with Gasteiger partial charge in [0.15, 0.2) is 0 Å². The normalized spacial score (nSPS) is 11.8. The Hall–Kier alpha value is -2.72. The van der Waals surface area contributed by atoms with Gasteiger partial charge in [-0.05, 0) is 31.7 Å². The van der Waals surface area contributed by atoms with E-state index in [0.29, 0.717) is 11.4 Å². The molecule has 4 heterocycles. The van der Waals surface area contributed by atoms with Crippen molar-refractivity contribution in [1.29, 1.82) is 0 Å². The molecule has 0 saturated heterocycles. The molecule has 4 aromatic rings. The second-order valence-corrected chi connectivity index (χ2v) is 9.28. The van der Waals surface area contributed by atoms with E-state index in [2.05, 4.69) is 43.0 Å². The Kier molecular flexibility index (Phi) is 6.99. The molecule has 0 aliphatic rings. The van der Waals surface area contributed by atoms with E-state index < -0.39 is 17.3 Å². The third kappa shape index (κ3) is 5.11. The molecule has 4 rings (SSSR count). The fraction of sp³-hybridized carbons (Fsp3) is 0.269. The van der Waals surface area contributed by atoms with E-state index in [1.54, 1.807) is 12.1 Å². The summed E-state index contributed by atoms with van der Waals surface area (Å²) >= 11 is 0. The van der Waals surface area contributed by atoms with Gasteiger partial charge < -0.3 is 9.55 Å². The van der Waals surface area contributed by atoms with Crippen molar-refractivity contribution < 1.29 is 29.8 Å². The van der Waals surface area contributed by atoms with E-state index in [4.69, 9.17) is 4.98 Å². The molecule has 0 amide bonds. The molecule has 0 aromatic carbocycles. The van der Waals surface area contributed by atoms with Crippen LogP contribution in [-0.2, 0) is 31.9 Å². The summed E-state index contributed by atoms with van der Waals surface area (Å²) < 4.78 is 29.2. The van der Waals surface area contributed by atoms with Gasteiger partial charge >= 0.3 is 21.1 Å². The summed E-state index contributed by atoms with van der Waals surface area (Å²) in [7, 11) is 0. The maximum absolute atomic E-state index is 14.2. The molecule has 0 fully saturated rings. The first-order valence-electron chi connectivity index (χ1n) is 10.4. The van der Waals surface area contributed by atoms with Crippen LogP contribution in [0.15, 0.2) is 54.7 Å². The van der Waals surface area contributed by atoms with Gasteiger partial charge in [0.2, 0.25) is 0 Å². The molecule has 172 valence electrons. The SMILES string of the molecule is CC(C)(C)c1c[c-]n(-c2cccc(C(C)(C)c3cccc(-c4[c-]cc(F)nc4F)n3)n2)c1.[Pt+2]. The van der Waals surface area contributed by atoms with E-state index >= 15 is 0 Å². The van der Waals surface area contributed by atoms with Gasteiger partial charge in [-0.15, -0.1) is 23.9 Å². The molecule has 0 spiro atoms. The van der Waals surface area contributed by atoms with Gasteiger partial charge in [0, 0.05) is 16.8 Å². The summed E-state index contributed by atoms with van der Waals surface area (Å²) in [5.74, 6) is -1.10. The number of rotatable bonds is 4. The standard InChI is InChI=1S/C26H24F2N4.Pt/c1-25(2,3)17-14-15-32(16-17)23-11-7-10-21(30-23)26(4,5)20-9-6-8-19(29-20)18-12-13-22(27)31-24(18)28;/h6-11,13-14,16H,1-5H3;/q-2;+2. The Morgan fingerprint density at radius 2 is 1.52 bits per heavy atom. The van der Waals surface area contributed by atoms with Crippen molar-refractivity contribution in [2.45, 2.75) is 45.4 Å². The van der Waals surface area contributed by atoms with Crippen LogP contribution in [0.5, 0.6) is 0 Å². The Bertz CT molecular complexity index is 1280. The van der Waals surface area contributed by atoms with Crippen molar-refractivity contribution >= 4 is 0 Å². The van der Waals surface area contributed by atoms with Gasteiger partial charge in [-0.2, -0.15) is 0 Å². The number of pyridine rings is 3. The molecular weight excluding hydrogens is 601 g/mol. The molecule has 33 heavy (non-hydrogen) atoms. The van der Waals surface area contributed by atoms with Crippen LogP contribution in [0.25, 0.3) is 17.1 Å². The van der Waals surface area contributed by atoms with Crippen molar-refractivity contribution in [2.24, 2.45) is 0 Å². The molecule has 0 aliphatic carbocycles. The third-order valence-electron chi connectivity index (χ3n) is 5.51. The summed E-state index contributed by atoms with van der Waals surface area (Å²) in [6.45, 7) is 10.5. The predicted molar refractivity (Wildman–Crippen MR) is 119 cm³/mol. The summed E-state index contributed by atoms with van der Waals surface area (Å²) in [6.07, 6.45) is 5.28. The van der Waals surface area contributed by atoms with Gasteiger partial charge in [-0.1, -0.05) is 68.3 Å². The third-order valence-corrected chi connectivity index (χ3v) is 5.51.